The average molecular weight is 117 g/mol. The summed E-state index contributed by atoms with van der Waals surface area (Å²) in [4.78, 5) is 0. The molecule has 0 aliphatic heterocycles. The van der Waals surface area contributed by atoms with Crippen LogP contribution in [0.25, 0.3) is 0 Å². The second-order valence-corrected chi connectivity index (χ2v) is 2.53. The summed E-state index contributed by atoms with van der Waals surface area (Å²) in [5.41, 5.74) is 0. The summed E-state index contributed by atoms with van der Waals surface area (Å²) in [7, 11) is 0. The minimum absolute atomic E-state index is 0.0926. The molecular formula is C6H13O2. The molecule has 0 rings (SSSR count). The largest absolute Gasteiger partial charge is 0.366 e. The van der Waals surface area contributed by atoms with Gasteiger partial charge >= 0.3 is 0 Å². The van der Waals surface area contributed by atoms with Crippen molar-refractivity contribution < 1.29 is 10.2 Å². The molecule has 1 unspecified atom stereocenters. The molecule has 1 atom stereocenters. The standard InChI is InChI=1S/C6H13O2/c1-5(2)4-6(3,7)8/h5,7-8H,1,4H2,2-3H3. The van der Waals surface area contributed by atoms with Crippen molar-refractivity contribution in [2.24, 2.45) is 5.92 Å². The predicted octanol–water partition coefficient (Wildman–Crippen LogP) is 0.547. The summed E-state index contributed by atoms with van der Waals surface area (Å²) in [6.45, 7) is 6.80. The van der Waals surface area contributed by atoms with Crippen molar-refractivity contribution in [1.82, 2.24) is 0 Å². The van der Waals surface area contributed by atoms with Crippen LogP contribution in [0.5, 0.6) is 0 Å². The van der Waals surface area contributed by atoms with Gasteiger partial charge in [0.25, 0.3) is 0 Å². The van der Waals surface area contributed by atoms with Crippen LogP contribution in [0, 0.1) is 12.8 Å². The molecule has 0 amide bonds. The van der Waals surface area contributed by atoms with Crippen molar-refractivity contribution in [2.45, 2.75) is 26.1 Å². The molecule has 0 aliphatic rings. The molecule has 2 N–H and O–H groups in total. The van der Waals surface area contributed by atoms with Crippen LogP contribution >= 0.6 is 0 Å². The molecule has 8 heavy (non-hydrogen) atoms. The fourth-order valence-corrected chi connectivity index (χ4v) is 0.660. The van der Waals surface area contributed by atoms with Gasteiger partial charge < -0.3 is 10.2 Å². The smallest absolute Gasteiger partial charge is 0.159 e. The monoisotopic (exact) mass is 117 g/mol. The Kier molecular flexibility index (Phi) is 2.44. The Morgan fingerprint density at radius 1 is 1.62 bits per heavy atom. The predicted molar refractivity (Wildman–Crippen MR) is 32.0 cm³/mol. The molecule has 0 spiro atoms. The van der Waals surface area contributed by atoms with Gasteiger partial charge in [0.05, 0.1) is 0 Å². The van der Waals surface area contributed by atoms with E-state index >= 15 is 0 Å². The maximum absolute atomic E-state index is 8.70. The zero-order chi connectivity index (χ0) is 6.78. The molecule has 49 valence electrons. The molecule has 0 saturated heterocycles. The van der Waals surface area contributed by atoms with Gasteiger partial charge in [-0.15, -0.1) is 0 Å². The summed E-state index contributed by atoms with van der Waals surface area (Å²) in [5, 5.41) is 17.4. The van der Waals surface area contributed by atoms with E-state index < -0.39 is 5.79 Å². The summed E-state index contributed by atoms with van der Waals surface area (Å²) in [6.07, 6.45) is 0.326. The molecule has 0 saturated carbocycles. The van der Waals surface area contributed by atoms with Crippen LogP contribution in [-0.4, -0.2) is 16.0 Å². The summed E-state index contributed by atoms with van der Waals surface area (Å²) in [5.74, 6) is -1.45. The van der Waals surface area contributed by atoms with Crippen molar-refractivity contribution in [3.63, 3.8) is 0 Å². The minimum atomic E-state index is -1.54. The van der Waals surface area contributed by atoms with E-state index in [9.17, 15) is 0 Å². The van der Waals surface area contributed by atoms with E-state index in [0.29, 0.717) is 6.42 Å². The molecule has 0 aromatic carbocycles. The summed E-state index contributed by atoms with van der Waals surface area (Å²) < 4.78 is 0. The van der Waals surface area contributed by atoms with Gasteiger partial charge in [-0.1, -0.05) is 13.8 Å². The number of hydrogen-bond acceptors (Lipinski definition) is 2. The van der Waals surface area contributed by atoms with Gasteiger partial charge in [0.1, 0.15) is 0 Å². The second-order valence-electron chi connectivity index (χ2n) is 2.53. The van der Waals surface area contributed by atoms with Gasteiger partial charge in [0.15, 0.2) is 5.79 Å². The highest BCUT2D eigenvalue weighted by Gasteiger charge is 2.15. The molecule has 1 radical (unpaired) electrons. The van der Waals surface area contributed by atoms with E-state index in [2.05, 4.69) is 6.92 Å². The Morgan fingerprint density at radius 3 is 2.00 bits per heavy atom. The Morgan fingerprint density at radius 2 is 2.00 bits per heavy atom. The third kappa shape index (κ3) is 5.92. The van der Waals surface area contributed by atoms with Crippen LogP contribution in [0.1, 0.15) is 20.3 Å². The molecule has 0 aromatic heterocycles. The average Bonchev–Trinajstić information content (AvgIpc) is 1.21. The third-order valence-corrected chi connectivity index (χ3v) is 0.735. The highest BCUT2D eigenvalue weighted by molar-refractivity contribution is 4.63. The fraction of sp³-hybridized carbons (Fsp3) is 0.833. The SMILES string of the molecule is [CH2]C(C)CC(C)(O)O. The molecule has 0 fully saturated rings. The lowest BCUT2D eigenvalue weighted by Crippen LogP contribution is -2.24. The Balaban J connectivity index is 3.39. The van der Waals surface area contributed by atoms with E-state index in [1.165, 1.54) is 6.92 Å². The van der Waals surface area contributed by atoms with Crippen LogP contribution in [-0.2, 0) is 0 Å². The topological polar surface area (TPSA) is 40.5 Å². The zero-order valence-electron chi connectivity index (χ0n) is 5.39. The quantitative estimate of drug-likeness (QED) is 0.518. The molecule has 0 aliphatic carbocycles. The lowest BCUT2D eigenvalue weighted by atomic mass is 10.1. The van der Waals surface area contributed by atoms with Crippen molar-refractivity contribution in [2.75, 3.05) is 0 Å². The lowest BCUT2D eigenvalue weighted by molar-refractivity contribution is -0.154. The van der Waals surface area contributed by atoms with E-state index in [1.807, 2.05) is 6.92 Å². The van der Waals surface area contributed by atoms with Crippen LogP contribution in [0.3, 0.4) is 0 Å². The van der Waals surface area contributed by atoms with Gasteiger partial charge in [-0.3, -0.25) is 0 Å². The molecule has 0 heterocycles. The summed E-state index contributed by atoms with van der Waals surface area (Å²) >= 11 is 0. The number of hydrogen-bond donors (Lipinski definition) is 2. The Labute approximate surface area is 50.2 Å². The van der Waals surface area contributed by atoms with Gasteiger partial charge in [0.2, 0.25) is 0 Å². The first-order chi connectivity index (χ1) is 3.42. The van der Waals surface area contributed by atoms with Crippen LogP contribution < -0.4 is 0 Å². The van der Waals surface area contributed by atoms with Crippen LogP contribution in [0.2, 0.25) is 0 Å². The normalized spacial score (nSPS) is 12.8. The van der Waals surface area contributed by atoms with E-state index in [1.54, 1.807) is 0 Å². The molecule has 0 bridgehead atoms. The van der Waals surface area contributed by atoms with Crippen molar-refractivity contribution >= 4 is 0 Å². The van der Waals surface area contributed by atoms with Crippen molar-refractivity contribution in [1.29, 1.82) is 0 Å². The van der Waals surface area contributed by atoms with Crippen LogP contribution in [0.4, 0.5) is 0 Å². The van der Waals surface area contributed by atoms with E-state index in [-0.39, 0.29) is 5.92 Å². The maximum atomic E-state index is 8.70. The molecule has 2 nitrogen and oxygen atoms in total. The lowest BCUT2D eigenvalue weighted by Gasteiger charge is -2.17. The minimum Gasteiger partial charge on any atom is -0.366 e. The first-order valence-electron chi connectivity index (χ1n) is 2.69. The summed E-state index contributed by atoms with van der Waals surface area (Å²) in [6, 6.07) is 0. The Bertz CT molecular complexity index is 61.4. The maximum Gasteiger partial charge on any atom is 0.159 e. The van der Waals surface area contributed by atoms with E-state index in [4.69, 9.17) is 10.2 Å². The third-order valence-electron chi connectivity index (χ3n) is 0.735. The van der Waals surface area contributed by atoms with Gasteiger partial charge in [-0.2, -0.15) is 0 Å². The fourth-order valence-electron chi connectivity index (χ4n) is 0.660. The Hall–Kier alpha value is -0.0800. The van der Waals surface area contributed by atoms with Gasteiger partial charge in [-0.05, 0) is 12.8 Å². The number of aliphatic hydroxyl groups is 2. The van der Waals surface area contributed by atoms with Gasteiger partial charge in [0, 0.05) is 6.42 Å². The first kappa shape index (κ1) is 7.92. The second kappa shape index (κ2) is 2.46. The van der Waals surface area contributed by atoms with E-state index in [0.717, 1.165) is 0 Å². The molecular weight excluding hydrogens is 104 g/mol. The van der Waals surface area contributed by atoms with Crippen molar-refractivity contribution in [3.05, 3.63) is 6.92 Å². The first-order valence-corrected chi connectivity index (χ1v) is 2.69. The van der Waals surface area contributed by atoms with Crippen LogP contribution in [0.15, 0.2) is 0 Å². The highest BCUT2D eigenvalue weighted by atomic mass is 16.5. The van der Waals surface area contributed by atoms with Gasteiger partial charge in [-0.25, -0.2) is 0 Å². The van der Waals surface area contributed by atoms with Crippen molar-refractivity contribution in [3.8, 4) is 0 Å². The molecule has 2 heteroatoms. The zero-order valence-corrected chi connectivity index (χ0v) is 5.39. The highest BCUT2D eigenvalue weighted by Crippen LogP contribution is 2.10. The molecule has 0 aromatic rings. The number of rotatable bonds is 2.